The maximum atomic E-state index is 12.0. The third kappa shape index (κ3) is 3.52. The first kappa shape index (κ1) is 16.1. The number of hydrogen-bond acceptors (Lipinski definition) is 6. The van der Waals surface area contributed by atoms with Crippen LogP contribution in [0.15, 0.2) is 17.2 Å². The molecule has 0 aliphatic carbocycles. The van der Waals surface area contributed by atoms with Crippen LogP contribution in [0.25, 0.3) is 0 Å². The Morgan fingerprint density at radius 2 is 2.05 bits per heavy atom. The number of hydrogen-bond donors (Lipinski definition) is 2. The van der Waals surface area contributed by atoms with Crippen molar-refractivity contribution in [2.24, 2.45) is 0 Å². The number of carbonyl (C=O) groups is 2. The summed E-state index contributed by atoms with van der Waals surface area (Å²) in [5.74, 6) is -2.04. The van der Waals surface area contributed by atoms with Gasteiger partial charge in [0.25, 0.3) is 0 Å². The maximum absolute atomic E-state index is 12.0. The van der Waals surface area contributed by atoms with Gasteiger partial charge >= 0.3 is 11.9 Å². The van der Waals surface area contributed by atoms with Gasteiger partial charge in [-0.3, -0.25) is 9.78 Å². The molecule has 0 saturated carbocycles. The number of ether oxygens (including phenoxy) is 1. The van der Waals surface area contributed by atoms with Crippen molar-refractivity contribution in [1.82, 2.24) is 9.71 Å². The molecule has 20 heavy (non-hydrogen) atoms. The molecular formula is C11H14N2O6S. The van der Waals surface area contributed by atoms with Crippen LogP contribution >= 0.6 is 0 Å². The number of pyridine rings is 1. The van der Waals surface area contributed by atoms with E-state index in [1.165, 1.54) is 13.8 Å². The smallest absolute Gasteiger partial charge is 0.339 e. The summed E-state index contributed by atoms with van der Waals surface area (Å²) in [7, 11) is -2.93. The Bertz CT molecular complexity index is 640. The molecule has 0 aromatic carbocycles. The van der Waals surface area contributed by atoms with E-state index >= 15 is 0 Å². The van der Waals surface area contributed by atoms with Crippen molar-refractivity contribution >= 4 is 22.0 Å². The minimum Gasteiger partial charge on any atom is -0.480 e. The number of rotatable bonds is 5. The van der Waals surface area contributed by atoms with Crippen molar-refractivity contribution < 1.29 is 27.9 Å². The van der Waals surface area contributed by atoms with E-state index in [9.17, 15) is 18.0 Å². The average Bonchev–Trinajstić information content (AvgIpc) is 2.37. The highest BCUT2D eigenvalue weighted by molar-refractivity contribution is 7.89. The molecule has 0 fully saturated rings. The van der Waals surface area contributed by atoms with Gasteiger partial charge in [-0.05, 0) is 19.9 Å². The lowest BCUT2D eigenvalue weighted by Crippen LogP contribution is -2.38. The van der Waals surface area contributed by atoms with Crippen molar-refractivity contribution in [3.05, 3.63) is 23.5 Å². The molecule has 0 unspecified atom stereocenters. The van der Waals surface area contributed by atoms with E-state index in [4.69, 9.17) is 5.11 Å². The van der Waals surface area contributed by atoms with E-state index in [-0.39, 0.29) is 10.5 Å². The predicted molar refractivity (Wildman–Crippen MR) is 67.7 cm³/mol. The lowest BCUT2D eigenvalue weighted by Gasteiger charge is -2.11. The first-order valence-electron chi connectivity index (χ1n) is 5.49. The van der Waals surface area contributed by atoms with E-state index in [2.05, 4.69) is 9.72 Å². The van der Waals surface area contributed by atoms with Gasteiger partial charge in [0.2, 0.25) is 10.0 Å². The molecule has 0 spiro atoms. The summed E-state index contributed by atoms with van der Waals surface area (Å²) >= 11 is 0. The summed E-state index contributed by atoms with van der Waals surface area (Å²) in [5, 5.41) is 8.70. The average molecular weight is 302 g/mol. The van der Waals surface area contributed by atoms with E-state index in [1.54, 1.807) is 0 Å². The fourth-order valence-electron chi connectivity index (χ4n) is 1.33. The molecule has 0 bridgehead atoms. The van der Waals surface area contributed by atoms with Gasteiger partial charge in [-0.25, -0.2) is 13.2 Å². The number of methoxy groups -OCH3 is 1. The first-order valence-corrected chi connectivity index (χ1v) is 6.97. The van der Waals surface area contributed by atoms with E-state index in [1.807, 2.05) is 4.72 Å². The largest absolute Gasteiger partial charge is 0.480 e. The normalized spacial score (nSPS) is 12.8. The number of aromatic nitrogens is 1. The number of sulfonamides is 1. The van der Waals surface area contributed by atoms with Crippen molar-refractivity contribution in [3.63, 3.8) is 0 Å². The van der Waals surface area contributed by atoms with Crippen LogP contribution in [0.4, 0.5) is 0 Å². The minimum absolute atomic E-state index is 0.00152. The Balaban J connectivity index is 3.20. The van der Waals surface area contributed by atoms with Crippen LogP contribution in [-0.4, -0.2) is 43.6 Å². The number of nitrogens with zero attached hydrogens (tertiary/aromatic N) is 1. The highest BCUT2D eigenvalue weighted by atomic mass is 32.2. The van der Waals surface area contributed by atoms with Crippen molar-refractivity contribution in [1.29, 1.82) is 0 Å². The lowest BCUT2D eigenvalue weighted by atomic mass is 10.2. The number of nitrogens with one attached hydrogen (secondary N) is 1. The fraction of sp³-hybridized carbons (Fsp3) is 0.364. The molecule has 0 saturated heterocycles. The van der Waals surface area contributed by atoms with Crippen LogP contribution in [0.5, 0.6) is 0 Å². The minimum atomic E-state index is -4.09. The first-order chi connectivity index (χ1) is 9.19. The zero-order valence-corrected chi connectivity index (χ0v) is 11.9. The van der Waals surface area contributed by atoms with Crippen molar-refractivity contribution in [3.8, 4) is 0 Å². The number of carboxylic acids is 1. The Labute approximate surface area is 115 Å². The van der Waals surface area contributed by atoms with Gasteiger partial charge in [0, 0.05) is 6.20 Å². The van der Waals surface area contributed by atoms with Crippen LogP contribution in [0, 0.1) is 6.92 Å². The summed E-state index contributed by atoms with van der Waals surface area (Å²) in [6.45, 7) is 2.71. The van der Waals surface area contributed by atoms with Gasteiger partial charge in [-0.2, -0.15) is 4.72 Å². The molecule has 0 aliphatic rings. The second-order valence-electron chi connectivity index (χ2n) is 3.98. The Kier molecular flexibility index (Phi) is 4.79. The number of aliphatic carboxylic acids is 1. The Hall–Kier alpha value is -2.00. The summed E-state index contributed by atoms with van der Waals surface area (Å²) in [6.07, 6.45) is 1.04. The van der Waals surface area contributed by atoms with Gasteiger partial charge in [-0.15, -0.1) is 0 Å². The second-order valence-corrected chi connectivity index (χ2v) is 5.69. The van der Waals surface area contributed by atoms with Crippen LogP contribution < -0.4 is 4.72 Å². The standard InChI is InChI=1S/C11H14N2O6S/c1-6-9(11(16)19-3)4-8(5-12-6)20(17,18)13-7(2)10(14)15/h4-5,7,13H,1-3H3,(H,14,15)/t7-/m0/s1. The van der Waals surface area contributed by atoms with Crippen LogP contribution in [0.3, 0.4) is 0 Å². The summed E-state index contributed by atoms with van der Waals surface area (Å²) in [5.41, 5.74) is 0.306. The van der Waals surface area contributed by atoms with Gasteiger partial charge in [0.15, 0.2) is 0 Å². The van der Waals surface area contributed by atoms with Gasteiger partial charge in [0.05, 0.1) is 18.4 Å². The molecule has 0 aliphatic heterocycles. The molecule has 2 N–H and O–H groups in total. The SMILES string of the molecule is COC(=O)c1cc(S(=O)(=O)N[C@@H](C)C(=O)O)cnc1C. The maximum Gasteiger partial charge on any atom is 0.339 e. The molecule has 1 aromatic rings. The number of carbonyl (C=O) groups excluding carboxylic acids is 1. The molecule has 9 heteroatoms. The van der Waals surface area contributed by atoms with E-state index in [0.717, 1.165) is 19.4 Å². The molecular weight excluding hydrogens is 288 g/mol. The van der Waals surface area contributed by atoms with E-state index in [0.29, 0.717) is 5.69 Å². The van der Waals surface area contributed by atoms with Crippen LogP contribution in [0.2, 0.25) is 0 Å². The summed E-state index contributed by atoms with van der Waals surface area (Å²) < 4.78 is 30.4. The summed E-state index contributed by atoms with van der Waals surface area (Å²) in [6, 6.07) is -0.215. The monoisotopic (exact) mass is 302 g/mol. The van der Waals surface area contributed by atoms with Crippen molar-refractivity contribution in [2.45, 2.75) is 24.8 Å². The van der Waals surface area contributed by atoms with Gasteiger partial charge in [0.1, 0.15) is 10.9 Å². The quantitative estimate of drug-likeness (QED) is 0.730. The molecule has 1 rings (SSSR count). The Morgan fingerprint density at radius 3 is 2.55 bits per heavy atom. The van der Waals surface area contributed by atoms with Gasteiger partial charge in [-0.1, -0.05) is 0 Å². The number of esters is 1. The zero-order chi connectivity index (χ0) is 15.5. The third-order valence-electron chi connectivity index (χ3n) is 2.48. The Morgan fingerprint density at radius 1 is 1.45 bits per heavy atom. The molecule has 110 valence electrons. The van der Waals surface area contributed by atoms with E-state index < -0.39 is 28.0 Å². The van der Waals surface area contributed by atoms with Crippen molar-refractivity contribution in [2.75, 3.05) is 7.11 Å². The molecule has 8 nitrogen and oxygen atoms in total. The molecule has 1 aromatic heterocycles. The highest BCUT2D eigenvalue weighted by Gasteiger charge is 2.23. The fourth-order valence-corrected chi connectivity index (χ4v) is 2.50. The highest BCUT2D eigenvalue weighted by Crippen LogP contribution is 2.14. The lowest BCUT2D eigenvalue weighted by molar-refractivity contribution is -0.138. The van der Waals surface area contributed by atoms with Gasteiger partial charge < -0.3 is 9.84 Å². The number of aryl methyl sites for hydroxylation is 1. The molecule has 1 atom stereocenters. The second kappa shape index (κ2) is 5.97. The number of carboxylic acid groups (broad SMARTS) is 1. The zero-order valence-electron chi connectivity index (χ0n) is 11.1. The third-order valence-corrected chi connectivity index (χ3v) is 3.99. The van der Waals surface area contributed by atoms with Crippen LogP contribution in [-0.2, 0) is 19.6 Å². The summed E-state index contributed by atoms with van der Waals surface area (Å²) in [4.78, 5) is 25.6. The van der Waals surface area contributed by atoms with Crippen LogP contribution in [0.1, 0.15) is 23.0 Å². The molecule has 0 amide bonds. The molecule has 1 heterocycles. The molecule has 0 radical (unpaired) electrons. The predicted octanol–water partition coefficient (Wildman–Crippen LogP) is -0.0720. The topological polar surface area (TPSA) is 123 Å².